The van der Waals surface area contributed by atoms with Gasteiger partial charge in [0, 0.05) is 0 Å². The van der Waals surface area contributed by atoms with Gasteiger partial charge in [-0.3, -0.25) is 0 Å². The molecule has 0 radical (unpaired) electrons. The maximum Gasteiger partial charge on any atom is 4.00 e. The van der Waals surface area contributed by atoms with Crippen molar-refractivity contribution in [3.63, 3.8) is 0 Å². The minimum atomic E-state index is 0. The van der Waals surface area contributed by atoms with Crippen molar-refractivity contribution in [1.82, 2.24) is 0 Å². The first kappa shape index (κ1) is 36.7. The van der Waals surface area contributed by atoms with E-state index in [1.165, 1.54) is 0 Å². The second-order valence-corrected chi connectivity index (χ2v) is 1.39. The summed E-state index contributed by atoms with van der Waals surface area (Å²) in [6.45, 7) is 7.75. The Morgan fingerprint density at radius 1 is 1.00 bits per heavy atom. The van der Waals surface area contributed by atoms with Crippen LogP contribution >= 0.6 is 0 Å². The fraction of sp³-hybridized carbons (Fsp3) is 0.429. The summed E-state index contributed by atoms with van der Waals surface area (Å²) in [5.74, 6) is 0.583. The summed E-state index contributed by atoms with van der Waals surface area (Å²) in [5, 5.41) is 0. The normalized spacial score (nSPS) is 4.50. The van der Waals surface area contributed by atoms with Gasteiger partial charge in [0.05, 0.1) is 0 Å². The predicted molar refractivity (Wildman–Crippen MR) is 39.4 cm³/mol. The molecule has 0 heterocycles. The molecule has 0 aliphatic rings. The monoisotopic (exact) mass is 282 g/mol. The van der Waals surface area contributed by atoms with Crippen LogP contribution in [0.1, 0.15) is 13.8 Å². The number of hydrogen-bond acceptors (Lipinski definition) is 0. The molecule has 0 aliphatic heterocycles. The Labute approximate surface area is 74.9 Å². The molecule has 1 heteroatoms. The fourth-order valence-electron chi connectivity index (χ4n) is 0. The van der Waals surface area contributed by atoms with Gasteiger partial charge in [-0.25, -0.2) is 0 Å². The molecule has 0 atom stereocenters. The molecule has 0 aromatic carbocycles. The predicted octanol–water partition coefficient (Wildman–Crippen LogP) is 2.82. The van der Waals surface area contributed by atoms with Gasteiger partial charge in [0.2, 0.25) is 0 Å². The second kappa shape index (κ2) is 24.8. The van der Waals surface area contributed by atoms with Gasteiger partial charge < -0.3 is 29.2 Å². The van der Waals surface area contributed by atoms with E-state index in [1.54, 1.807) is 0 Å². The van der Waals surface area contributed by atoms with Gasteiger partial charge in [-0.2, -0.15) is 5.92 Å². The Hall–Kier alpha value is 0.870. The quantitative estimate of drug-likeness (QED) is 0.473. The minimum Gasteiger partial charge on any atom is -0.358 e. The van der Waals surface area contributed by atoms with E-state index in [4.69, 9.17) is 0 Å². The zero-order chi connectivity index (χ0) is 3.58. The summed E-state index contributed by atoms with van der Waals surface area (Å²) in [4.78, 5) is 0. The van der Waals surface area contributed by atoms with Crippen molar-refractivity contribution >= 4 is 0 Å². The molecule has 0 saturated carbocycles. The Kier molecular flexibility index (Phi) is 114. The van der Waals surface area contributed by atoms with E-state index < -0.39 is 0 Å². The van der Waals surface area contributed by atoms with Crippen molar-refractivity contribution in [2.45, 2.75) is 13.8 Å². The van der Waals surface area contributed by atoms with E-state index in [0.29, 0.717) is 5.92 Å². The standard InChI is InChI=1S/C4H9.3CH3.Hf/c1-4(2)3;;;;/h4H,1H2,2-3H3;3*1H3;/q4*-1;+4. The Balaban J connectivity index is -0.00000000750. The van der Waals surface area contributed by atoms with Crippen LogP contribution in [0.4, 0.5) is 0 Å². The van der Waals surface area contributed by atoms with Crippen molar-refractivity contribution in [1.29, 1.82) is 0 Å². The van der Waals surface area contributed by atoms with Crippen LogP contribution in [0.2, 0.25) is 0 Å². The molecule has 0 rings (SSSR count). The van der Waals surface area contributed by atoms with Gasteiger partial charge in [-0.05, 0) is 0 Å². The van der Waals surface area contributed by atoms with E-state index in [1.807, 2.05) is 0 Å². The average molecular weight is 281 g/mol. The first-order valence-corrected chi connectivity index (χ1v) is 1.56. The summed E-state index contributed by atoms with van der Waals surface area (Å²) >= 11 is 0. The number of hydrogen-bond donors (Lipinski definition) is 0. The molecule has 0 N–H and O–H groups in total. The Morgan fingerprint density at radius 2 is 1.00 bits per heavy atom. The van der Waals surface area contributed by atoms with Crippen molar-refractivity contribution in [2.75, 3.05) is 0 Å². The molecule has 0 saturated heterocycles. The van der Waals surface area contributed by atoms with Crippen LogP contribution in [0.25, 0.3) is 0 Å². The first-order chi connectivity index (χ1) is 1.73. The number of rotatable bonds is 0. The summed E-state index contributed by atoms with van der Waals surface area (Å²) in [5.41, 5.74) is 0. The van der Waals surface area contributed by atoms with Gasteiger partial charge in [-0.1, -0.05) is 13.8 Å². The molecule has 0 spiro atoms. The van der Waals surface area contributed by atoms with Crippen molar-refractivity contribution in [2.24, 2.45) is 5.92 Å². The smallest absolute Gasteiger partial charge is 0.358 e. The fourth-order valence-corrected chi connectivity index (χ4v) is 0. The molecular weight excluding hydrogens is 263 g/mol. The molecule has 50 valence electrons. The zero-order valence-electron chi connectivity index (χ0n) is 6.78. The first-order valence-electron chi connectivity index (χ1n) is 1.56. The van der Waals surface area contributed by atoms with Crippen LogP contribution in [0, 0.1) is 35.1 Å². The third kappa shape index (κ3) is 313. The molecular formula is C7H18Hf. The second-order valence-electron chi connectivity index (χ2n) is 1.39. The molecule has 0 aromatic heterocycles. The van der Waals surface area contributed by atoms with Gasteiger partial charge in [0.1, 0.15) is 0 Å². The van der Waals surface area contributed by atoms with Gasteiger partial charge >= 0.3 is 25.8 Å². The van der Waals surface area contributed by atoms with Crippen LogP contribution in [0.5, 0.6) is 0 Å². The summed E-state index contributed by atoms with van der Waals surface area (Å²) in [6.07, 6.45) is 0. The maximum atomic E-state index is 3.64. The molecule has 0 nitrogen and oxygen atoms in total. The SMILES string of the molecule is [CH2-]C(C)C.[CH3-].[CH3-].[CH3-].[Hf+4]. The van der Waals surface area contributed by atoms with Gasteiger partial charge in [-0.15, -0.1) is 0 Å². The van der Waals surface area contributed by atoms with Crippen LogP contribution in [0.3, 0.4) is 0 Å². The third-order valence-electron chi connectivity index (χ3n) is 0. The van der Waals surface area contributed by atoms with E-state index in [-0.39, 0.29) is 48.1 Å². The van der Waals surface area contributed by atoms with E-state index >= 15 is 0 Å². The summed E-state index contributed by atoms with van der Waals surface area (Å²) in [6, 6.07) is 0. The zero-order valence-corrected chi connectivity index (χ0v) is 10.4. The van der Waals surface area contributed by atoms with Crippen molar-refractivity contribution < 1.29 is 25.8 Å². The summed E-state index contributed by atoms with van der Waals surface area (Å²) in [7, 11) is 0. The Bertz CT molecular complexity index is 9.10. The van der Waals surface area contributed by atoms with Crippen molar-refractivity contribution in [3.05, 3.63) is 29.2 Å². The largest absolute Gasteiger partial charge is 4.00 e. The van der Waals surface area contributed by atoms with Crippen LogP contribution in [0.15, 0.2) is 0 Å². The Morgan fingerprint density at radius 3 is 1.00 bits per heavy atom. The van der Waals surface area contributed by atoms with Gasteiger partial charge in [0.25, 0.3) is 0 Å². The molecule has 0 bridgehead atoms. The minimum absolute atomic E-state index is 0. The molecule has 8 heavy (non-hydrogen) atoms. The van der Waals surface area contributed by atoms with E-state index in [0.717, 1.165) is 0 Å². The molecule has 0 fully saturated rings. The molecule has 0 unspecified atom stereocenters. The van der Waals surface area contributed by atoms with E-state index in [2.05, 4.69) is 20.8 Å². The molecule has 0 aromatic rings. The molecule has 0 aliphatic carbocycles. The topological polar surface area (TPSA) is 0 Å². The maximum absolute atomic E-state index is 3.64. The van der Waals surface area contributed by atoms with Gasteiger partial charge in [0.15, 0.2) is 0 Å². The van der Waals surface area contributed by atoms with Crippen LogP contribution in [-0.2, 0) is 25.8 Å². The molecule has 0 amide bonds. The van der Waals surface area contributed by atoms with Crippen LogP contribution in [-0.4, -0.2) is 0 Å². The van der Waals surface area contributed by atoms with Crippen molar-refractivity contribution in [3.8, 4) is 0 Å². The average Bonchev–Trinajstić information content (AvgIpc) is 0.811. The van der Waals surface area contributed by atoms with E-state index in [9.17, 15) is 0 Å². The third-order valence-corrected chi connectivity index (χ3v) is 0. The summed E-state index contributed by atoms with van der Waals surface area (Å²) < 4.78 is 0. The van der Waals surface area contributed by atoms with Crippen LogP contribution < -0.4 is 0 Å².